The summed E-state index contributed by atoms with van der Waals surface area (Å²) in [6.45, 7) is 2.59. The molecule has 0 spiro atoms. The van der Waals surface area contributed by atoms with Crippen molar-refractivity contribution in [3.8, 4) is 0 Å². The number of hydrogen-bond acceptors (Lipinski definition) is 2. The summed E-state index contributed by atoms with van der Waals surface area (Å²) in [5.74, 6) is 1.60. The standard InChI is InChI=1S/C15H21N5.HI/c1-19-13-8-4-3-7-12(13)18-14(19)11-17-15(16)20-9-5-2-6-10-20;/h3-4,7-8H,2,5-6,9-11H2,1H3,(H2,16,17);1H. The van der Waals surface area contributed by atoms with Gasteiger partial charge in [-0.3, -0.25) is 0 Å². The molecule has 2 aromatic rings. The highest BCUT2D eigenvalue weighted by Crippen LogP contribution is 2.15. The quantitative estimate of drug-likeness (QED) is 0.480. The number of likely N-dealkylation sites (tertiary alicyclic amines) is 1. The second-order valence-corrected chi connectivity index (χ2v) is 5.30. The molecule has 2 heterocycles. The van der Waals surface area contributed by atoms with Gasteiger partial charge in [0.2, 0.25) is 0 Å². The lowest BCUT2D eigenvalue weighted by atomic mass is 10.1. The number of para-hydroxylation sites is 2. The summed E-state index contributed by atoms with van der Waals surface area (Å²) in [5, 5.41) is 0. The first-order chi connectivity index (χ1) is 9.75. The van der Waals surface area contributed by atoms with E-state index in [-0.39, 0.29) is 24.0 Å². The van der Waals surface area contributed by atoms with Crippen LogP contribution in [0.1, 0.15) is 25.1 Å². The fraction of sp³-hybridized carbons (Fsp3) is 0.467. The van der Waals surface area contributed by atoms with Crippen molar-refractivity contribution in [3.05, 3.63) is 30.1 Å². The molecule has 5 nitrogen and oxygen atoms in total. The summed E-state index contributed by atoms with van der Waals surface area (Å²) in [6.07, 6.45) is 3.72. The van der Waals surface area contributed by atoms with Crippen LogP contribution in [0, 0.1) is 0 Å². The second-order valence-electron chi connectivity index (χ2n) is 5.30. The molecule has 6 heteroatoms. The smallest absolute Gasteiger partial charge is 0.191 e. The third kappa shape index (κ3) is 3.48. The molecule has 1 aliphatic heterocycles. The number of fused-ring (bicyclic) bond motifs is 1. The Bertz CT molecular complexity index is 628. The number of aryl methyl sites for hydroxylation is 1. The zero-order valence-corrected chi connectivity index (χ0v) is 14.7. The third-order valence-corrected chi connectivity index (χ3v) is 3.94. The van der Waals surface area contributed by atoms with Crippen molar-refractivity contribution in [3.63, 3.8) is 0 Å². The maximum absolute atomic E-state index is 6.08. The van der Waals surface area contributed by atoms with Gasteiger partial charge in [-0.25, -0.2) is 9.98 Å². The van der Waals surface area contributed by atoms with E-state index in [4.69, 9.17) is 5.73 Å². The molecule has 0 bridgehead atoms. The Morgan fingerprint density at radius 1 is 1.24 bits per heavy atom. The van der Waals surface area contributed by atoms with Crippen LogP contribution in [0.25, 0.3) is 11.0 Å². The molecule has 0 amide bonds. The third-order valence-electron chi connectivity index (χ3n) is 3.94. The van der Waals surface area contributed by atoms with E-state index in [0.29, 0.717) is 12.5 Å². The van der Waals surface area contributed by atoms with Crippen molar-refractivity contribution in [2.75, 3.05) is 13.1 Å². The average Bonchev–Trinajstić information content (AvgIpc) is 2.83. The van der Waals surface area contributed by atoms with Crippen LogP contribution in [0.5, 0.6) is 0 Å². The molecular weight excluding hydrogens is 377 g/mol. The molecule has 2 N–H and O–H groups in total. The minimum atomic E-state index is 0. The van der Waals surface area contributed by atoms with Gasteiger partial charge in [0.25, 0.3) is 0 Å². The normalized spacial score (nSPS) is 16.0. The minimum Gasteiger partial charge on any atom is -0.370 e. The Balaban J connectivity index is 0.00000161. The number of piperidine rings is 1. The molecule has 0 radical (unpaired) electrons. The van der Waals surface area contributed by atoms with E-state index >= 15 is 0 Å². The molecule has 0 saturated carbocycles. The molecule has 0 aliphatic carbocycles. The van der Waals surface area contributed by atoms with Gasteiger partial charge in [-0.15, -0.1) is 24.0 Å². The van der Waals surface area contributed by atoms with Crippen LogP contribution in [-0.2, 0) is 13.6 Å². The fourth-order valence-electron chi connectivity index (χ4n) is 2.71. The Kier molecular flexibility index (Phi) is 5.44. The molecule has 1 saturated heterocycles. The topological polar surface area (TPSA) is 59.4 Å². The van der Waals surface area contributed by atoms with E-state index in [0.717, 1.165) is 29.9 Å². The lowest BCUT2D eigenvalue weighted by Crippen LogP contribution is -2.40. The number of nitrogens with zero attached hydrogens (tertiary/aromatic N) is 4. The molecule has 21 heavy (non-hydrogen) atoms. The molecule has 1 aromatic heterocycles. The number of aromatic nitrogens is 2. The molecule has 0 atom stereocenters. The molecule has 1 fully saturated rings. The first kappa shape index (κ1) is 16.1. The van der Waals surface area contributed by atoms with Crippen LogP contribution < -0.4 is 5.73 Å². The van der Waals surface area contributed by atoms with E-state index in [1.807, 2.05) is 25.2 Å². The van der Waals surface area contributed by atoms with Crippen LogP contribution >= 0.6 is 24.0 Å². The summed E-state index contributed by atoms with van der Waals surface area (Å²) < 4.78 is 2.09. The summed E-state index contributed by atoms with van der Waals surface area (Å²) in [7, 11) is 2.03. The first-order valence-electron chi connectivity index (χ1n) is 7.21. The molecule has 114 valence electrons. The lowest BCUT2D eigenvalue weighted by molar-refractivity contribution is 0.338. The van der Waals surface area contributed by atoms with Crippen LogP contribution in [0.2, 0.25) is 0 Å². The van der Waals surface area contributed by atoms with Gasteiger partial charge in [-0.05, 0) is 31.4 Å². The van der Waals surface area contributed by atoms with Crippen LogP contribution in [0.4, 0.5) is 0 Å². The maximum atomic E-state index is 6.08. The Hall–Kier alpha value is -1.31. The van der Waals surface area contributed by atoms with Gasteiger partial charge < -0.3 is 15.2 Å². The number of halogens is 1. The van der Waals surface area contributed by atoms with Crippen molar-refractivity contribution in [2.24, 2.45) is 17.8 Å². The van der Waals surface area contributed by atoms with Crippen molar-refractivity contribution in [2.45, 2.75) is 25.8 Å². The lowest BCUT2D eigenvalue weighted by Gasteiger charge is -2.27. The van der Waals surface area contributed by atoms with E-state index in [1.165, 1.54) is 19.3 Å². The Labute approximate surface area is 142 Å². The summed E-state index contributed by atoms with van der Waals surface area (Å²) in [4.78, 5) is 11.3. The number of rotatable bonds is 2. The summed E-state index contributed by atoms with van der Waals surface area (Å²) in [5.41, 5.74) is 8.22. The van der Waals surface area contributed by atoms with Crippen LogP contribution in [0.3, 0.4) is 0 Å². The van der Waals surface area contributed by atoms with Gasteiger partial charge >= 0.3 is 0 Å². The van der Waals surface area contributed by atoms with Gasteiger partial charge in [-0.2, -0.15) is 0 Å². The number of benzene rings is 1. The van der Waals surface area contributed by atoms with E-state index < -0.39 is 0 Å². The van der Waals surface area contributed by atoms with Gasteiger partial charge in [0.15, 0.2) is 5.96 Å². The number of guanidine groups is 1. The average molecular weight is 399 g/mol. The predicted molar refractivity (Wildman–Crippen MR) is 96.9 cm³/mol. The highest BCUT2D eigenvalue weighted by atomic mass is 127. The predicted octanol–water partition coefficient (Wildman–Crippen LogP) is 2.49. The van der Waals surface area contributed by atoms with Crippen molar-refractivity contribution in [1.29, 1.82) is 0 Å². The van der Waals surface area contributed by atoms with Crippen LogP contribution in [-0.4, -0.2) is 33.5 Å². The number of imidazole rings is 1. The van der Waals surface area contributed by atoms with Crippen molar-refractivity contribution < 1.29 is 0 Å². The summed E-state index contributed by atoms with van der Waals surface area (Å²) in [6, 6.07) is 8.13. The maximum Gasteiger partial charge on any atom is 0.191 e. The number of hydrogen-bond donors (Lipinski definition) is 1. The Morgan fingerprint density at radius 2 is 1.95 bits per heavy atom. The van der Waals surface area contributed by atoms with Gasteiger partial charge in [-0.1, -0.05) is 12.1 Å². The van der Waals surface area contributed by atoms with E-state index in [2.05, 4.69) is 25.5 Å². The first-order valence-corrected chi connectivity index (χ1v) is 7.21. The molecule has 0 unspecified atom stereocenters. The fourth-order valence-corrected chi connectivity index (χ4v) is 2.71. The zero-order chi connectivity index (χ0) is 13.9. The van der Waals surface area contributed by atoms with Crippen molar-refractivity contribution >= 4 is 41.0 Å². The Morgan fingerprint density at radius 3 is 2.67 bits per heavy atom. The van der Waals surface area contributed by atoms with Crippen molar-refractivity contribution in [1.82, 2.24) is 14.5 Å². The highest BCUT2D eigenvalue weighted by Gasteiger charge is 2.12. The SMILES string of the molecule is Cn1c(CN=C(N)N2CCCCC2)nc2ccccc21.I. The zero-order valence-electron chi connectivity index (χ0n) is 12.3. The number of nitrogens with two attached hydrogens (primary N) is 1. The van der Waals surface area contributed by atoms with E-state index in [1.54, 1.807) is 0 Å². The van der Waals surface area contributed by atoms with Gasteiger partial charge in [0.1, 0.15) is 12.4 Å². The molecule has 1 aromatic carbocycles. The molecular formula is C15H22IN5. The summed E-state index contributed by atoms with van der Waals surface area (Å²) >= 11 is 0. The number of aliphatic imine (C=N–C) groups is 1. The minimum absolute atomic E-state index is 0. The van der Waals surface area contributed by atoms with Gasteiger partial charge in [0.05, 0.1) is 11.0 Å². The highest BCUT2D eigenvalue weighted by molar-refractivity contribution is 14.0. The second kappa shape index (κ2) is 7.11. The monoisotopic (exact) mass is 399 g/mol. The van der Waals surface area contributed by atoms with Crippen LogP contribution in [0.15, 0.2) is 29.3 Å². The van der Waals surface area contributed by atoms with E-state index in [9.17, 15) is 0 Å². The molecule has 3 rings (SSSR count). The molecule has 1 aliphatic rings. The van der Waals surface area contributed by atoms with Gasteiger partial charge in [0, 0.05) is 20.1 Å². The largest absolute Gasteiger partial charge is 0.370 e.